The van der Waals surface area contributed by atoms with E-state index >= 15 is 0 Å². The number of anilines is 1. The van der Waals surface area contributed by atoms with Gasteiger partial charge in [-0.1, -0.05) is 22.9 Å². The summed E-state index contributed by atoms with van der Waals surface area (Å²) in [7, 11) is 0. The van der Waals surface area contributed by atoms with Gasteiger partial charge >= 0.3 is 0 Å². The molecule has 0 aliphatic carbocycles. The van der Waals surface area contributed by atoms with E-state index in [1.807, 2.05) is 12.1 Å². The van der Waals surface area contributed by atoms with Crippen LogP contribution in [-0.2, 0) is 4.79 Å². The fourth-order valence-electron chi connectivity index (χ4n) is 2.18. The first-order valence-corrected chi connectivity index (χ1v) is 7.69. The van der Waals surface area contributed by atoms with E-state index in [9.17, 15) is 4.79 Å². The molecule has 1 fully saturated rings. The van der Waals surface area contributed by atoms with Crippen LogP contribution in [0.2, 0.25) is 5.02 Å². The molecule has 2 N–H and O–H groups in total. The minimum absolute atomic E-state index is 0.0166. The zero-order valence-electron chi connectivity index (χ0n) is 10.9. The number of carbonyl (C=O) groups is 1. The van der Waals surface area contributed by atoms with Gasteiger partial charge in [0.25, 0.3) is 0 Å². The molecule has 106 valence electrons. The summed E-state index contributed by atoms with van der Waals surface area (Å²) in [4.78, 5) is 18.5. The summed E-state index contributed by atoms with van der Waals surface area (Å²) in [5.41, 5.74) is 0.858. The van der Waals surface area contributed by atoms with Crippen LogP contribution in [0.25, 0.3) is 10.2 Å². The number of nitrogens with one attached hydrogen (secondary N) is 2. The number of hydrogen-bond acceptors (Lipinski definition) is 5. The minimum atomic E-state index is -0.0166. The van der Waals surface area contributed by atoms with Crippen molar-refractivity contribution in [1.82, 2.24) is 15.2 Å². The first-order chi connectivity index (χ1) is 9.70. The van der Waals surface area contributed by atoms with Crippen LogP contribution in [0.4, 0.5) is 5.13 Å². The van der Waals surface area contributed by atoms with Crippen LogP contribution in [-0.4, -0.2) is 48.5 Å². The molecule has 2 aromatic rings. The number of rotatable bonds is 3. The fourth-order valence-corrected chi connectivity index (χ4v) is 3.34. The molecule has 0 atom stereocenters. The van der Waals surface area contributed by atoms with Gasteiger partial charge in [0.2, 0.25) is 5.91 Å². The normalized spacial score (nSPS) is 16.4. The SMILES string of the molecule is O=C(CN1CCNCC1)Nc1nc2ccc(Cl)cc2s1. The molecule has 20 heavy (non-hydrogen) atoms. The number of hydrogen-bond donors (Lipinski definition) is 2. The third kappa shape index (κ3) is 3.27. The number of piperazine rings is 1. The zero-order chi connectivity index (χ0) is 13.9. The number of carbonyl (C=O) groups excluding carboxylic acids is 1. The molecule has 1 aliphatic heterocycles. The van der Waals surface area contributed by atoms with E-state index in [1.165, 1.54) is 11.3 Å². The second-order valence-corrected chi connectivity index (χ2v) is 6.17. The van der Waals surface area contributed by atoms with Crippen molar-refractivity contribution in [3.8, 4) is 0 Å². The van der Waals surface area contributed by atoms with E-state index in [0.29, 0.717) is 16.7 Å². The average Bonchev–Trinajstić information content (AvgIpc) is 2.80. The lowest BCUT2D eigenvalue weighted by Gasteiger charge is -2.26. The Hall–Kier alpha value is -1.21. The van der Waals surface area contributed by atoms with Crippen LogP contribution in [0.5, 0.6) is 0 Å². The van der Waals surface area contributed by atoms with Crippen molar-refractivity contribution in [1.29, 1.82) is 0 Å². The summed E-state index contributed by atoms with van der Waals surface area (Å²) in [5, 5.41) is 7.43. The maximum absolute atomic E-state index is 12.0. The van der Waals surface area contributed by atoms with Gasteiger partial charge in [0.05, 0.1) is 16.8 Å². The van der Waals surface area contributed by atoms with Crippen molar-refractivity contribution >= 4 is 44.2 Å². The zero-order valence-corrected chi connectivity index (χ0v) is 12.4. The third-order valence-electron chi connectivity index (χ3n) is 3.17. The summed E-state index contributed by atoms with van der Waals surface area (Å²) in [6, 6.07) is 5.52. The quantitative estimate of drug-likeness (QED) is 0.907. The van der Waals surface area contributed by atoms with Crippen LogP contribution >= 0.6 is 22.9 Å². The van der Waals surface area contributed by atoms with Crippen LogP contribution in [0.3, 0.4) is 0 Å². The predicted octanol–water partition coefficient (Wildman–Crippen LogP) is 1.79. The molecule has 1 amide bonds. The molecule has 0 bridgehead atoms. The summed E-state index contributed by atoms with van der Waals surface area (Å²) in [6.07, 6.45) is 0. The lowest BCUT2D eigenvalue weighted by Crippen LogP contribution is -2.46. The lowest BCUT2D eigenvalue weighted by molar-refractivity contribution is -0.117. The third-order valence-corrected chi connectivity index (χ3v) is 4.34. The lowest BCUT2D eigenvalue weighted by atomic mass is 10.3. The highest BCUT2D eigenvalue weighted by Crippen LogP contribution is 2.28. The largest absolute Gasteiger partial charge is 0.314 e. The molecule has 0 unspecified atom stereocenters. The molecule has 1 saturated heterocycles. The van der Waals surface area contributed by atoms with Crippen molar-refractivity contribution in [2.75, 3.05) is 38.0 Å². The van der Waals surface area contributed by atoms with Crippen molar-refractivity contribution < 1.29 is 4.79 Å². The van der Waals surface area contributed by atoms with Gasteiger partial charge in [-0.15, -0.1) is 0 Å². The van der Waals surface area contributed by atoms with E-state index in [0.717, 1.165) is 36.4 Å². The Bertz CT molecular complexity index is 624. The Morgan fingerprint density at radius 3 is 3.05 bits per heavy atom. The van der Waals surface area contributed by atoms with E-state index in [1.54, 1.807) is 6.07 Å². The standard InChI is InChI=1S/C13H15ClN4OS/c14-9-1-2-10-11(7-9)20-13(16-10)17-12(19)8-18-5-3-15-4-6-18/h1-2,7,15H,3-6,8H2,(H,16,17,19). The van der Waals surface area contributed by atoms with Gasteiger partial charge in [0.1, 0.15) is 0 Å². The Labute approximate surface area is 125 Å². The monoisotopic (exact) mass is 310 g/mol. The van der Waals surface area contributed by atoms with Gasteiger partial charge in [-0.3, -0.25) is 9.69 Å². The topological polar surface area (TPSA) is 57.3 Å². The minimum Gasteiger partial charge on any atom is -0.314 e. The number of benzene rings is 1. The highest BCUT2D eigenvalue weighted by atomic mass is 35.5. The molecule has 0 spiro atoms. The van der Waals surface area contributed by atoms with Gasteiger partial charge in [-0.25, -0.2) is 4.98 Å². The van der Waals surface area contributed by atoms with Gasteiger partial charge in [0, 0.05) is 31.2 Å². The second-order valence-electron chi connectivity index (χ2n) is 4.71. The molecule has 0 saturated carbocycles. The highest BCUT2D eigenvalue weighted by molar-refractivity contribution is 7.22. The van der Waals surface area contributed by atoms with Crippen LogP contribution in [0, 0.1) is 0 Å². The maximum atomic E-state index is 12.0. The van der Waals surface area contributed by atoms with E-state index in [2.05, 4.69) is 20.5 Å². The number of amides is 1. The van der Waals surface area contributed by atoms with Crippen LogP contribution in [0.15, 0.2) is 18.2 Å². The molecular weight excluding hydrogens is 296 g/mol. The molecule has 7 heteroatoms. The van der Waals surface area contributed by atoms with E-state index in [4.69, 9.17) is 11.6 Å². The average molecular weight is 311 g/mol. The van der Waals surface area contributed by atoms with Crippen LogP contribution in [0.1, 0.15) is 0 Å². The van der Waals surface area contributed by atoms with Crippen molar-refractivity contribution in [3.63, 3.8) is 0 Å². The number of thiazole rings is 1. The van der Waals surface area contributed by atoms with E-state index in [-0.39, 0.29) is 5.91 Å². The van der Waals surface area contributed by atoms with Crippen molar-refractivity contribution in [3.05, 3.63) is 23.2 Å². The Morgan fingerprint density at radius 2 is 2.25 bits per heavy atom. The summed E-state index contributed by atoms with van der Waals surface area (Å²) < 4.78 is 0.981. The summed E-state index contributed by atoms with van der Waals surface area (Å²) in [6.45, 7) is 4.10. The number of halogens is 1. The Morgan fingerprint density at radius 1 is 1.45 bits per heavy atom. The molecule has 5 nitrogen and oxygen atoms in total. The van der Waals surface area contributed by atoms with Crippen molar-refractivity contribution in [2.45, 2.75) is 0 Å². The van der Waals surface area contributed by atoms with Crippen molar-refractivity contribution in [2.24, 2.45) is 0 Å². The Kier molecular flexibility index (Phi) is 4.16. The Balaban J connectivity index is 1.64. The van der Waals surface area contributed by atoms with Gasteiger partial charge in [-0.05, 0) is 18.2 Å². The first-order valence-electron chi connectivity index (χ1n) is 6.50. The fraction of sp³-hybridized carbons (Fsp3) is 0.385. The highest BCUT2D eigenvalue weighted by Gasteiger charge is 2.14. The van der Waals surface area contributed by atoms with Crippen LogP contribution < -0.4 is 10.6 Å². The molecule has 2 heterocycles. The van der Waals surface area contributed by atoms with Gasteiger partial charge < -0.3 is 10.6 Å². The smallest absolute Gasteiger partial charge is 0.240 e. The summed E-state index contributed by atoms with van der Waals surface area (Å²) >= 11 is 7.38. The predicted molar refractivity (Wildman–Crippen MR) is 82.6 cm³/mol. The molecule has 0 radical (unpaired) electrons. The van der Waals surface area contributed by atoms with Gasteiger partial charge in [-0.2, -0.15) is 0 Å². The molecule has 1 aromatic heterocycles. The number of fused-ring (bicyclic) bond motifs is 1. The maximum Gasteiger partial charge on any atom is 0.240 e. The molecule has 3 rings (SSSR count). The number of nitrogens with zero attached hydrogens (tertiary/aromatic N) is 2. The molecule has 1 aromatic carbocycles. The number of aromatic nitrogens is 1. The van der Waals surface area contributed by atoms with Gasteiger partial charge in [0.15, 0.2) is 5.13 Å². The molecular formula is C13H15ClN4OS. The molecule has 1 aliphatic rings. The van der Waals surface area contributed by atoms with E-state index < -0.39 is 0 Å². The first kappa shape index (κ1) is 13.8. The second kappa shape index (κ2) is 6.05. The summed E-state index contributed by atoms with van der Waals surface area (Å²) in [5.74, 6) is -0.0166.